The van der Waals surface area contributed by atoms with Gasteiger partial charge in [-0.1, -0.05) is 24.6 Å². The molecule has 4 aliphatic carbocycles. The van der Waals surface area contributed by atoms with Crippen molar-refractivity contribution in [3.05, 3.63) is 23.8 Å². The highest BCUT2D eigenvalue weighted by molar-refractivity contribution is 5.94. The van der Waals surface area contributed by atoms with Crippen molar-refractivity contribution in [2.24, 2.45) is 22.7 Å². The second kappa shape index (κ2) is 15.0. The third-order valence-electron chi connectivity index (χ3n) is 11.2. The maximum Gasteiger partial charge on any atom is 0.332 e. The molecule has 0 bridgehead atoms. The Morgan fingerprint density at radius 3 is 2.04 bits per heavy atom. The van der Waals surface area contributed by atoms with Gasteiger partial charge in [0.05, 0.1) is 18.3 Å². The first kappa shape index (κ1) is 40.7. The molecule has 0 N–H and O–H groups in total. The normalized spacial score (nSPS) is 35.1. The third-order valence-corrected chi connectivity index (χ3v) is 11.2. The maximum absolute atomic E-state index is 18.6. The van der Waals surface area contributed by atoms with E-state index in [4.69, 9.17) is 37.9 Å². The van der Waals surface area contributed by atoms with Crippen molar-refractivity contribution in [3.8, 4) is 0 Å². The van der Waals surface area contributed by atoms with Gasteiger partial charge in [0.1, 0.15) is 32.5 Å². The highest BCUT2D eigenvalue weighted by Crippen LogP contribution is 2.72. The number of allylic oxidation sites excluding steroid dienone is 4. The van der Waals surface area contributed by atoms with E-state index in [0.29, 0.717) is 5.57 Å². The van der Waals surface area contributed by atoms with Gasteiger partial charge in [0, 0.05) is 23.2 Å². The van der Waals surface area contributed by atoms with Crippen LogP contribution in [0.1, 0.15) is 81.1 Å². The van der Waals surface area contributed by atoms with Crippen LogP contribution in [0.5, 0.6) is 0 Å². The predicted octanol–water partition coefficient (Wildman–Crippen LogP) is 3.46. The van der Waals surface area contributed by atoms with Crippen LogP contribution < -0.4 is 0 Å². The number of ketones is 2. The minimum Gasteiger partial charge on any atom is -0.461 e. The zero-order chi connectivity index (χ0) is 39.1. The molecule has 1 saturated heterocycles. The summed E-state index contributed by atoms with van der Waals surface area (Å²) in [4.78, 5) is 76.7. The van der Waals surface area contributed by atoms with E-state index >= 15 is 4.39 Å². The van der Waals surface area contributed by atoms with Crippen molar-refractivity contribution in [2.45, 2.75) is 123 Å². The van der Waals surface area contributed by atoms with Crippen LogP contribution in [0.3, 0.4) is 0 Å². The second-order valence-corrected chi connectivity index (χ2v) is 16.0. The molecular weight excluding hydrogens is 699 g/mol. The number of fused-ring (bicyclic) bond motifs is 7. The smallest absolute Gasteiger partial charge is 0.332 e. The van der Waals surface area contributed by atoms with E-state index in [1.54, 1.807) is 55.4 Å². The molecule has 53 heavy (non-hydrogen) atoms. The second-order valence-electron chi connectivity index (χ2n) is 16.0. The third kappa shape index (κ3) is 7.46. The SMILES string of the molecule is CC(C)OC(=O)COCC(=O)OCC(=O)[C@@]12OC(C)(C)O[C@@H]1CC1C3CC=C4CC(=O)C=CC4(C)[C@@]3(F)[C@@H](OC(=O)COCC(=O)OC(C)C)CC12C. The van der Waals surface area contributed by atoms with Gasteiger partial charge >= 0.3 is 23.9 Å². The molecule has 3 fully saturated rings. The van der Waals surface area contributed by atoms with Crippen LogP contribution >= 0.6 is 0 Å². The Balaban J connectivity index is 1.43. The maximum atomic E-state index is 18.6. The molecule has 1 aliphatic heterocycles. The zero-order valence-electron chi connectivity index (χ0n) is 31.7. The highest BCUT2D eigenvalue weighted by atomic mass is 19.1. The Bertz CT molecular complexity index is 1570. The molecular formula is C38H51FO14. The fraction of sp³-hybridized carbons (Fsp3) is 0.737. The molecule has 0 spiro atoms. The fourth-order valence-electron chi connectivity index (χ4n) is 9.32. The monoisotopic (exact) mass is 750 g/mol. The largest absolute Gasteiger partial charge is 0.461 e. The lowest BCUT2D eigenvalue weighted by molar-refractivity contribution is -0.249. The molecule has 8 atom stereocenters. The number of alkyl halides is 1. The Hall–Kier alpha value is -3.53. The summed E-state index contributed by atoms with van der Waals surface area (Å²) in [7, 11) is 0. The van der Waals surface area contributed by atoms with E-state index in [0.717, 1.165) is 0 Å². The van der Waals surface area contributed by atoms with Gasteiger partial charge < -0.3 is 37.9 Å². The topological polar surface area (TPSA) is 176 Å². The molecule has 2 saturated carbocycles. The molecule has 5 rings (SSSR count). The minimum absolute atomic E-state index is 0.00845. The fourth-order valence-corrected chi connectivity index (χ4v) is 9.32. The number of Topliss-reactive ketones (excluding diaryl/α,β-unsaturated/α-hetero) is 1. The van der Waals surface area contributed by atoms with Crippen molar-refractivity contribution in [1.82, 2.24) is 0 Å². The zero-order valence-corrected chi connectivity index (χ0v) is 31.7. The van der Waals surface area contributed by atoms with Gasteiger partial charge in [-0.05, 0) is 79.7 Å². The molecule has 4 unspecified atom stereocenters. The molecule has 1 heterocycles. The summed E-state index contributed by atoms with van der Waals surface area (Å²) < 4.78 is 63.1. The number of ether oxygens (including phenoxy) is 8. The van der Waals surface area contributed by atoms with Crippen LogP contribution in [0.4, 0.5) is 4.39 Å². The summed E-state index contributed by atoms with van der Waals surface area (Å²) in [5.41, 5.74) is -6.00. The van der Waals surface area contributed by atoms with Gasteiger partial charge in [-0.15, -0.1) is 0 Å². The number of halogens is 1. The first-order chi connectivity index (χ1) is 24.7. The molecule has 294 valence electrons. The summed E-state index contributed by atoms with van der Waals surface area (Å²) in [5.74, 6) is -6.65. The highest BCUT2D eigenvalue weighted by Gasteiger charge is 2.80. The van der Waals surface area contributed by atoms with E-state index in [-0.39, 0.29) is 37.6 Å². The molecule has 0 radical (unpaired) electrons. The van der Waals surface area contributed by atoms with Crippen LogP contribution in [0.15, 0.2) is 23.8 Å². The Morgan fingerprint density at radius 1 is 0.849 bits per heavy atom. The Morgan fingerprint density at radius 2 is 1.43 bits per heavy atom. The van der Waals surface area contributed by atoms with Crippen LogP contribution in [-0.4, -0.2) is 110 Å². The number of carbonyl (C=O) groups is 6. The van der Waals surface area contributed by atoms with Crippen LogP contribution in [0, 0.1) is 22.7 Å². The van der Waals surface area contributed by atoms with Gasteiger partial charge in [0.15, 0.2) is 29.4 Å². The summed E-state index contributed by atoms with van der Waals surface area (Å²) in [6.07, 6.45) is 1.84. The lowest BCUT2D eigenvalue weighted by atomic mass is 9.45. The predicted molar refractivity (Wildman–Crippen MR) is 180 cm³/mol. The van der Waals surface area contributed by atoms with E-state index in [1.807, 2.05) is 6.08 Å². The standard InChI is InChI=1S/C38H51FO14/c1-21(2)49-31(43)18-46-17-30(42)48-16-27(41)38-28(52-34(5,6)53-38)14-26-25-10-9-23-13-24(40)11-12-35(23,7)37(25,39)29(15-36(26,38)8)51-33(45)20-47-19-32(44)50-22(3)4/h9,11-12,21-22,25-26,28-29H,10,13-20H2,1-8H3/t25?,26?,28-,29+,35?,36?,37+,38-/m1/s1. The minimum atomic E-state index is -2.25. The summed E-state index contributed by atoms with van der Waals surface area (Å²) >= 11 is 0. The number of rotatable bonds is 14. The lowest BCUT2D eigenvalue weighted by Gasteiger charge is -2.62. The average Bonchev–Trinajstić information content (AvgIpc) is 3.45. The van der Waals surface area contributed by atoms with Crippen LogP contribution in [-0.2, 0) is 66.7 Å². The Kier molecular flexibility index (Phi) is 11.5. The number of carbonyl (C=O) groups excluding carboxylic acids is 6. The van der Waals surface area contributed by atoms with Crippen molar-refractivity contribution >= 4 is 35.4 Å². The van der Waals surface area contributed by atoms with Crippen molar-refractivity contribution in [3.63, 3.8) is 0 Å². The summed E-state index contributed by atoms with van der Waals surface area (Å²) in [6, 6.07) is 0. The lowest BCUT2D eigenvalue weighted by Crippen LogP contribution is -2.70. The number of esters is 4. The molecule has 0 aromatic heterocycles. The van der Waals surface area contributed by atoms with Gasteiger partial charge in [-0.3, -0.25) is 9.59 Å². The first-order valence-corrected chi connectivity index (χ1v) is 18.1. The first-order valence-electron chi connectivity index (χ1n) is 18.1. The quantitative estimate of drug-likeness (QED) is 0.143. The number of hydrogen-bond acceptors (Lipinski definition) is 14. The Labute approximate surface area is 308 Å². The van der Waals surface area contributed by atoms with Crippen LogP contribution in [0.2, 0.25) is 0 Å². The molecule has 0 aromatic carbocycles. The summed E-state index contributed by atoms with van der Waals surface area (Å²) in [5, 5.41) is 0. The van der Waals surface area contributed by atoms with E-state index in [1.165, 1.54) is 12.2 Å². The molecule has 0 amide bonds. The van der Waals surface area contributed by atoms with Crippen LogP contribution in [0.25, 0.3) is 0 Å². The van der Waals surface area contributed by atoms with Crippen molar-refractivity contribution < 1.29 is 71.1 Å². The van der Waals surface area contributed by atoms with Crippen molar-refractivity contribution in [1.29, 1.82) is 0 Å². The number of hydrogen-bond donors (Lipinski definition) is 0. The van der Waals surface area contributed by atoms with Gasteiger partial charge in [-0.25, -0.2) is 23.6 Å². The summed E-state index contributed by atoms with van der Waals surface area (Å²) in [6.45, 7) is 10.4. The molecule has 14 nitrogen and oxygen atoms in total. The average molecular weight is 751 g/mol. The molecule has 15 heteroatoms. The molecule has 5 aliphatic rings. The van der Waals surface area contributed by atoms with Gasteiger partial charge in [0.2, 0.25) is 5.78 Å². The van der Waals surface area contributed by atoms with Crippen molar-refractivity contribution in [2.75, 3.05) is 33.0 Å². The molecule has 0 aromatic rings. The van der Waals surface area contributed by atoms with E-state index < -0.39 is 121 Å². The van der Waals surface area contributed by atoms with E-state index in [2.05, 4.69) is 0 Å². The van der Waals surface area contributed by atoms with Gasteiger partial charge in [0.25, 0.3) is 0 Å². The van der Waals surface area contributed by atoms with E-state index in [9.17, 15) is 28.8 Å². The van der Waals surface area contributed by atoms with Gasteiger partial charge in [-0.2, -0.15) is 0 Å².